The van der Waals surface area contributed by atoms with E-state index in [1.165, 1.54) is 22.3 Å². The van der Waals surface area contributed by atoms with Crippen molar-refractivity contribution < 1.29 is 19.4 Å². The molecule has 0 aliphatic carbocycles. The number of H-pyrrole nitrogens is 2. The summed E-state index contributed by atoms with van der Waals surface area (Å²) in [6.07, 6.45) is 8.41. The van der Waals surface area contributed by atoms with E-state index in [-0.39, 0.29) is 27.2 Å². The van der Waals surface area contributed by atoms with Crippen molar-refractivity contribution in [2.24, 2.45) is 0 Å². The van der Waals surface area contributed by atoms with Crippen LogP contribution in [0.1, 0.15) is 150 Å². The zero-order valence-corrected chi connectivity index (χ0v) is 48.5. The molecule has 0 unspecified atom stereocenters. The highest BCUT2D eigenvalue weighted by molar-refractivity contribution is 6.00. The first-order valence-corrected chi connectivity index (χ1v) is 27.3. The lowest BCUT2D eigenvalue weighted by Gasteiger charge is -2.27. The van der Waals surface area contributed by atoms with Gasteiger partial charge >= 0.3 is 5.97 Å². The van der Waals surface area contributed by atoms with Gasteiger partial charge in [-0.25, -0.2) is 14.8 Å². The summed E-state index contributed by atoms with van der Waals surface area (Å²) < 4.78 is 11.4. The fourth-order valence-corrected chi connectivity index (χ4v) is 10.1. The number of methoxy groups -OCH3 is 2. The first-order valence-electron chi connectivity index (χ1n) is 27.3. The predicted octanol–water partition coefficient (Wildman–Crippen LogP) is 17.8. The number of nitrogens with one attached hydrogen (secondary N) is 2. The Morgan fingerprint density at radius 2 is 0.850 bits per heavy atom. The second-order valence-corrected chi connectivity index (χ2v) is 24.9. The quantitative estimate of drug-likeness (QED) is 0.130. The van der Waals surface area contributed by atoms with Gasteiger partial charge in [-0.15, -0.1) is 0 Å². The van der Waals surface area contributed by atoms with Gasteiger partial charge in [0.05, 0.1) is 64.8 Å². The maximum atomic E-state index is 11.9. The Kier molecular flexibility index (Phi) is 14.1. The molecule has 0 amide bonds. The van der Waals surface area contributed by atoms with E-state index in [9.17, 15) is 9.90 Å². The van der Waals surface area contributed by atoms with Crippen LogP contribution in [0, 0.1) is 11.8 Å². The number of rotatable bonds is 8. The van der Waals surface area contributed by atoms with Gasteiger partial charge in [0.1, 0.15) is 11.5 Å². The molecule has 80 heavy (non-hydrogen) atoms. The van der Waals surface area contributed by atoms with Crippen LogP contribution in [0.15, 0.2) is 133 Å². The third-order valence-corrected chi connectivity index (χ3v) is 15.0. The third kappa shape index (κ3) is 11.1. The number of aromatic nitrogens is 4. The average molecular weight is 1060 g/mol. The van der Waals surface area contributed by atoms with Crippen LogP contribution in [0.25, 0.3) is 68.6 Å². The summed E-state index contributed by atoms with van der Waals surface area (Å²) in [4.78, 5) is 33.3. The second-order valence-electron chi connectivity index (χ2n) is 24.9. The Balaban J connectivity index is 1.41. The molecule has 0 saturated carbocycles. The largest absolute Gasteiger partial charge is 0.497 e. The van der Waals surface area contributed by atoms with E-state index in [1.807, 2.05) is 24.3 Å². The summed E-state index contributed by atoms with van der Waals surface area (Å²) in [5, 5.41) is 9.71. The first kappa shape index (κ1) is 54.5. The molecule has 3 N–H and O–H groups in total. The lowest BCUT2D eigenvalue weighted by molar-refractivity contribution is 0.0696. The number of carboxylic acids is 1. The highest BCUT2D eigenvalue weighted by atomic mass is 16.5. The average Bonchev–Trinajstić information content (AvgIpc) is 4.33. The molecular formula is C71H71N5O4. The highest BCUT2D eigenvalue weighted by Gasteiger charge is 2.27. The molecule has 2 aliphatic heterocycles. The SMILES string of the molecule is COc1ccc(N(c2ccc(OC)cc2)c2c3nc(c(-c4cc(C(C)(C)C)cc(C(C)(C)C)c4)c4ccc([nH]4)c(C#Cc4ccc(C(=O)O)cc4)c4nc(c(-c5cc(C(C)(C)C)cc(C(C)(C)C)c5)c5ccc2[nH]5)C=C4)C=C3)cc1. The Morgan fingerprint density at radius 1 is 0.463 bits per heavy atom. The summed E-state index contributed by atoms with van der Waals surface area (Å²) in [5.41, 5.74) is 18.6. The molecule has 0 saturated heterocycles. The third-order valence-electron chi connectivity index (χ3n) is 15.0. The first-order chi connectivity index (χ1) is 37.9. The van der Waals surface area contributed by atoms with Crippen molar-refractivity contribution in [1.82, 2.24) is 19.9 Å². The number of ether oxygens (including phenoxy) is 2. The summed E-state index contributed by atoms with van der Waals surface area (Å²) in [7, 11) is 3.37. The smallest absolute Gasteiger partial charge is 0.335 e. The molecule has 5 heterocycles. The van der Waals surface area contributed by atoms with E-state index in [0.717, 1.165) is 90.0 Å². The van der Waals surface area contributed by atoms with Crippen molar-refractivity contribution >= 4 is 69.4 Å². The minimum absolute atomic E-state index is 0.164. The number of hydrogen-bond donors (Lipinski definition) is 3. The molecule has 8 bridgehead atoms. The standard InChI is InChI=1S/C71H71N5O4/c1-68(2,3)47-37-45(38-48(41-47)69(4,5)6)64-58-31-29-56(72-58)55(28-17-43-15-18-44(19-16-43)67(77)78)57-30-32-59(73-57)65(46-39-49(70(7,8)9)42-50(40-46)71(10,11)12)61-34-36-63(75-61)66(62-35-33-60(64)74-62)76(51-20-24-53(79-13)25-21-51)52-22-26-54(80-14)27-23-52/h15-16,18-27,29-42,72,75H,1-14H3,(H,77,78). The van der Waals surface area contributed by atoms with Crippen LogP contribution in [0.4, 0.5) is 17.1 Å². The molecule has 404 valence electrons. The van der Waals surface area contributed by atoms with Gasteiger partial charge in [-0.1, -0.05) is 131 Å². The van der Waals surface area contributed by atoms with Crippen molar-refractivity contribution in [3.63, 3.8) is 0 Å². The molecule has 5 aromatic carbocycles. The van der Waals surface area contributed by atoms with Gasteiger partial charge in [-0.2, -0.15) is 0 Å². The zero-order chi connectivity index (χ0) is 57.1. The van der Waals surface area contributed by atoms with Gasteiger partial charge in [-0.05, 0) is 176 Å². The van der Waals surface area contributed by atoms with Crippen LogP contribution in [0.2, 0.25) is 0 Å². The number of aromatic amines is 2. The molecule has 3 aromatic heterocycles. The van der Waals surface area contributed by atoms with Crippen LogP contribution < -0.4 is 14.4 Å². The molecule has 8 aromatic rings. The number of nitrogens with zero attached hydrogens (tertiary/aromatic N) is 3. The summed E-state index contributed by atoms with van der Waals surface area (Å²) in [6.45, 7) is 27.1. The number of fused-ring (bicyclic) bond motifs is 8. The Bertz CT molecular complexity index is 3840. The van der Waals surface area contributed by atoms with Crippen LogP contribution in [0.3, 0.4) is 0 Å². The van der Waals surface area contributed by atoms with E-state index in [1.54, 1.807) is 38.5 Å². The van der Waals surface area contributed by atoms with Gasteiger partial charge in [0.15, 0.2) is 0 Å². The maximum Gasteiger partial charge on any atom is 0.335 e. The summed E-state index contributed by atoms with van der Waals surface area (Å²) in [5.74, 6) is 7.40. The molecular weight excluding hydrogens is 987 g/mol. The maximum absolute atomic E-state index is 11.9. The molecule has 2 aliphatic rings. The van der Waals surface area contributed by atoms with Gasteiger partial charge in [0.2, 0.25) is 0 Å². The van der Waals surface area contributed by atoms with Crippen LogP contribution in [0.5, 0.6) is 11.5 Å². The van der Waals surface area contributed by atoms with Crippen molar-refractivity contribution in [2.45, 2.75) is 105 Å². The molecule has 0 radical (unpaired) electrons. The minimum Gasteiger partial charge on any atom is -0.497 e. The van der Waals surface area contributed by atoms with Crippen LogP contribution >= 0.6 is 0 Å². The summed E-state index contributed by atoms with van der Waals surface area (Å²) >= 11 is 0. The molecule has 9 nitrogen and oxygen atoms in total. The number of benzene rings is 5. The molecule has 0 atom stereocenters. The zero-order valence-electron chi connectivity index (χ0n) is 48.5. The Hall–Kier alpha value is -8.87. The Labute approximate surface area is 471 Å². The number of carbonyl (C=O) groups is 1. The van der Waals surface area contributed by atoms with Gasteiger partial charge < -0.3 is 29.4 Å². The second kappa shape index (κ2) is 20.7. The van der Waals surface area contributed by atoms with Crippen molar-refractivity contribution in [3.8, 4) is 45.6 Å². The van der Waals surface area contributed by atoms with E-state index >= 15 is 0 Å². The molecule has 0 spiro atoms. The van der Waals surface area contributed by atoms with Gasteiger partial charge in [-0.3, -0.25) is 0 Å². The van der Waals surface area contributed by atoms with Gasteiger partial charge in [0.25, 0.3) is 0 Å². The molecule has 10 rings (SSSR count). The van der Waals surface area contributed by atoms with Crippen molar-refractivity contribution in [1.29, 1.82) is 0 Å². The van der Waals surface area contributed by atoms with E-state index < -0.39 is 5.97 Å². The van der Waals surface area contributed by atoms with Crippen LogP contribution in [-0.4, -0.2) is 45.2 Å². The van der Waals surface area contributed by atoms with Gasteiger partial charge in [0, 0.05) is 39.1 Å². The number of hydrogen-bond acceptors (Lipinski definition) is 6. The van der Waals surface area contributed by atoms with E-state index in [0.29, 0.717) is 16.8 Å². The molecule has 9 heteroatoms. The van der Waals surface area contributed by atoms with E-state index in [2.05, 4.69) is 219 Å². The topological polar surface area (TPSA) is 116 Å². The number of carboxylic acid groups (broad SMARTS) is 1. The normalized spacial score (nSPS) is 12.5. The fraction of sp³-hybridized carbons (Fsp3) is 0.254. The lowest BCUT2D eigenvalue weighted by atomic mass is 9.78. The fourth-order valence-electron chi connectivity index (χ4n) is 10.1. The highest BCUT2D eigenvalue weighted by Crippen LogP contribution is 2.45. The lowest BCUT2D eigenvalue weighted by Crippen LogP contribution is -2.16. The Morgan fingerprint density at radius 3 is 1.27 bits per heavy atom. The molecule has 0 fully saturated rings. The minimum atomic E-state index is -0.991. The predicted molar refractivity (Wildman–Crippen MR) is 332 cm³/mol. The van der Waals surface area contributed by atoms with E-state index in [4.69, 9.17) is 19.4 Å². The monoisotopic (exact) mass is 1060 g/mol. The van der Waals surface area contributed by atoms with Crippen LogP contribution in [-0.2, 0) is 21.7 Å². The summed E-state index contributed by atoms with van der Waals surface area (Å²) in [6, 6.07) is 45.4. The van der Waals surface area contributed by atoms with Crippen molar-refractivity contribution in [2.75, 3.05) is 19.1 Å². The number of anilines is 3. The number of aromatic carboxylic acids is 1. The van der Waals surface area contributed by atoms with Crippen molar-refractivity contribution in [3.05, 3.63) is 195 Å².